The van der Waals surface area contributed by atoms with Crippen LogP contribution in [0.15, 0.2) is 53.6 Å². The Morgan fingerprint density at radius 2 is 2.00 bits per heavy atom. The van der Waals surface area contributed by atoms with E-state index in [9.17, 15) is 0 Å². The van der Waals surface area contributed by atoms with Crippen LogP contribution in [0.2, 0.25) is 5.02 Å². The lowest BCUT2D eigenvalue weighted by Crippen LogP contribution is -2.35. The molecule has 2 aromatic rings. The highest BCUT2D eigenvalue weighted by Gasteiger charge is 2.29. The molecule has 0 spiro atoms. The SMILES string of the molecule is CN(C)C1=CCC(N)(c2nc(-c3ccc(Cl)cc3)cs2)C=C1. The highest BCUT2D eigenvalue weighted by atomic mass is 35.5. The Labute approximate surface area is 139 Å². The largest absolute Gasteiger partial charge is 0.378 e. The Kier molecular flexibility index (Phi) is 4.08. The zero-order valence-electron chi connectivity index (χ0n) is 12.6. The van der Waals surface area contributed by atoms with E-state index in [1.165, 1.54) is 5.70 Å². The van der Waals surface area contributed by atoms with Gasteiger partial charge in [0.15, 0.2) is 0 Å². The Morgan fingerprint density at radius 3 is 2.59 bits per heavy atom. The van der Waals surface area contributed by atoms with Crippen LogP contribution in [-0.2, 0) is 5.54 Å². The number of allylic oxidation sites excluding steroid dienone is 1. The summed E-state index contributed by atoms with van der Waals surface area (Å²) in [5.41, 5.74) is 9.19. The second-order valence-corrected chi connectivity index (χ2v) is 6.94. The number of halogens is 1. The van der Waals surface area contributed by atoms with Crippen molar-refractivity contribution < 1.29 is 0 Å². The summed E-state index contributed by atoms with van der Waals surface area (Å²) in [7, 11) is 4.06. The first-order chi connectivity index (χ1) is 10.5. The molecule has 3 rings (SSSR count). The van der Waals surface area contributed by atoms with Crippen LogP contribution in [-0.4, -0.2) is 24.0 Å². The van der Waals surface area contributed by atoms with Gasteiger partial charge in [-0.3, -0.25) is 0 Å². The molecule has 22 heavy (non-hydrogen) atoms. The second-order valence-electron chi connectivity index (χ2n) is 5.65. The average molecular weight is 332 g/mol. The molecule has 1 aliphatic carbocycles. The second kappa shape index (κ2) is 5.88. The van der Waals surface area contributed by atoms with Crippen molar-refractivity contribution in [2.24, 2.45) is 5.73 Å². The van der Waals surface area contributed by atoms with E-state index in [4.69, 9.17) is 22.3 Å². The molecule has 1 unspecified atom stereocenters. The summed E-state index contributed by atoms with van der Waals surface area (Å²) in [5, 5.41) is 3.71. The molecule has 0 saturated heterocycles. The van der Waals surface area contributed by atoms with Crippen LogP contribution in [0.5, 0.6) is 0 Å². The Hall–Kier alpha value is -1.62. The summed E-state index contributed by atoms with van der Waals surface area (Å²) in [5.74, 6) is 0. The van der Waals surface area contributed by atoms with Gasteiger partial charge < -0.3 is 10.6 Å². The van der Waals surface area contributed by atoms with Crippen molar-refractivity contribution in [3.63, 3.8) is 0 Å². The number of rotatable bonds is 3. The van der Waals surface area contributed by atoms with Gasteiger partial charge in [0, 0.05) is 35.8 Å². The summed E-state index contributed by atoms with van der Waals surface area (Å²) < 4.78 is 0. The van der Waals surface area contributed by atoms with E-state index in [1.807, 2.05) is 49.8 Å². The lowest BCUT2D eigenvalue weighted by Gasteiger charge is -2.27. The average Bonchev–Trinajstić information content (AvgIpc) is 2.99. The van der Waals surface area contributed by atoms with Crippen LogP contribution in [0.4, 0.5) is 0 Å². The minimum Gasteiger partial charge on any atom is -0.378 e. The monoisotopic (exact) mass is 331 g/mol. The van der Waals surface area contributed by atoms with Crippen LogP contribution < -0.4 is 5.73 Å². The first-order valence-electron chi connectivity index (χ1n) is 7.05. The number of benzene rings is 1. The van der Waals surface area contributed by atoms with Crippen molar-refractivity contribution in [1.29, 1.82) is 0 Å². The van der Waals surface area contributed by atoms with Gasteiger partial charge in [0.1, 0.15) is 5.01 Å². The van der Waals surface area contributed by atoms with Crippen LogP contribution >= 0.6 is 22.9 Å². The minimum absolute atomic E-state index is 0.519. The van der Waals surface area contributed by atoms with E-state index in [-0.39, 0.29) is 0 Å². The third kappa shape index (κ3) is 2.95. The summed E-state index contributed by atoms with van der Waals surface area (Å²) in [6.45, 7) is 0. The fourth-order valence-electron chi connectivity index (χ4n) is 2.37. The highest BCUT2D eigenvalue weighted by Crippen LogP contribution is 2.34. The molecule has 0 bridgehead atoms. The number of nitrogens with two attached hydrogens (primary N) is 1. The maximum Gasteiger partial charge on any atom is 0.117 e. The smallest absolute Gasteiger partial charge is 0.117 e. The normalized spacial score (nSPS) is 20.8. The molecular formula is C17H18ClN3S. The number of hydrogen-bond donors (Lipinski definition) is 1. The third-order valence-electron chi connectivity index (χ3n) is 3.76. The molecule has 1 aromatic carbocycles. The van der Waals surface area contributed by atoms with Crippen LogP contribution in [0, 0.1) is 0 Å². The molecule has 5 heteroatoms. The molecule has 0 saturated carbocycles. The zero-order valence-corrected chi connectivity index (χ0v) is 14.2. The molecule has 0 aliphatic heterocycles. The van der Waals surface area contributed by atoms with Gasteiger partial charge in [-0.2, -0.15) is 0 Å². The zero-order chi connectivity index (χ0) is 15.7. The fraction of sp³-hybridized carbons (Fsp3) is 0.235. The van der Waals surface area contributed by atoms with Crippen molar-refractivity contribution in [2.75, 3.05) is 14.1 Å². The van der Waals surface area contributed by atoms with Crippen molar-refractivity contribution in [1.82, 2.24) is 9.88 Å². The Bertz CT molecular complexity index is 731. The van der Waals surface area contributed by atoms with Gasteiger partial charge >= 0.3 is 0 Å². The van der Waals surface area contributed by atoms with Gasteiger partial charge in [-0.05, 0) is 24.6 Å². The van der Waals surface area contributed by atoms with E-state index in [1.54, 1.807) is 11.3 Å². The lowest BCUT2D eigenvalue weighted by molar-refractivity contribution is 0.495. The van der Waals surface area contributed by atoms with Crippen molar-refractivity contribution in [3.8, 4) is 11.3 Å². The summed E-state index contributed by atoms with van der Waals surface area (Å²) in [6.07, 6.45) is 7.02. The number of aromatic nitrogens is 1. The lowest BCUT2D eigenvalue weighted by atomic mass is 9.92. The van der Waals surface area contributed by atoms with Crippen LogP contribution in [0.1, 0.15) is 11.4 Å². The molecule has 1 aromatic heterocycles. The quantitative estimate of drug-likeness (QED) is 0.923. The van der Waals surface area contributed by atoms with E-state index in [0.717, 1.165) is 27.7 Å². The maximum absolute atomic E-state index is 6.54. The predicted molar refractivity (Wildman–Crippen MR) is 94.0 cm³/mol. The molecule has 0 fully saturated rings. The molecule has 1 heterocycles. The first kappa shape index (κ1) is 15.3. The molecule has 114 valence electrons. The molecular weight excluding hydrogens is 314 g/mol. The van der Waals surface area contributed by atoms with Crippen LogP contribution in [0.3, 0.4) is 0 Å². The minimum atomic E-state index is -0.519. The van der Waals surface area contributed by atoms with Gasteiger partial charge in [-0.15, -0.1) is 11.3 Å². The summed E-state index contributed by atoms with van der Waals surface area (Å²) in [6, 6.07) is 7.71. The fourth-order valence-corrected chi connectivity index (χ4v) is 3.43. The number of hydrogen-bond acceptors (Lipinski definition) is 4. The molecule has 2 N–H and O–H groups in total. The summed E-state index contributed by atoms with van der Waals surface area (Å²) >= 11 is 7.53. The topological polar surface area (TPSA) is 42.1 Å². The highest BCUT2D eigenvalue weighted by molar-refractivity contribution is 7.10. The van der Waals surface area contributed by atoms with E-state index in [2.05, 4.69) is 17.1 Å². The van der Waals surface area contributed by atoms with Gasteiger partial charge in [0.25, 0.3) is 0 Å². The van der Waals surface area contributed by atoms with Gasteiger partial charge in [0.2, 0.25) is 0 Å². The first-order valence-corrected chi connectivity index (χ1v) is 8.31. The Balaban J connectivity index is 1.85. The van der Waals surface area contributed by atoms with Gasteiger partial charge in [-0.1, -0.05) is 35.9 Å². The van der Waals surface area contributed by atoms with Crippen molar-refractivity contribution in [2.45, 2.75) is 12.0 Å². The van der Waals surface area contributed by atoms with E-state index < -0.39 is 5.54 Å². The number of nitrogens with zero attached hydrogens (tertiary/aromatic N) is 2. The maximum atomic E-state index is 6.54. The molecule has 0 amide bonds. The van der Waals surface area contributed by atoms with E-state index >= 15 is 0 Å². The molecule has 1 atom stereocenters. The number of likely N-dealkylation sites (N-methyl/N-ethyl adjacent to an activating group) is 1. The molecule has 3 nitrogen and oxygen atoms in total. The molecule has 0 radical (unpaired) electrons. The van der Waals surface area contributed by atoms with Gasteiger partial charge in [-0.25, -0.2) is 4.98 Å². The molecule has 1 aliphatic rings. The van der Waals surface area contributed by atoms with Gasteiger partial charge in [0.05, 0.1) is 11.2 Å². The van der Waals surface area contributed by atoms with Crippen LogP contribution in [0.25, 0.3) is 11.3 Å². The predicted octanol–water partition coefficient (Wildman–Crippen LogP) is 4.02. The Morgan fingerprint density at radius 1 is 1.27 bits per heavy atom. The standard InChI is InChI=1S/C17H18ClN3S/c1-21(2)14-7-9-17(19,10-8-14)16-20-15(11-22-16)12-3-5-13(18)6-4-12/h3-9,11H,10,19H2,1-2H3. The summed E-state index contributed by atoms with van der Waals surface area (Å²) in [4.78, 5) is 6.81. The van der Waals surface area contributed by atoms with Crippen molar-refractivity contribution >= 4 is 22.9 Å². The third-order valence-corrected chi connectivity index (χ3v) is 5.05. The van der Waals surface area contributed by atoms with E-state index in [0.29, 0.717) is 0 Å². The van der Waals surface area contributed by atoms with Crippen molar-refractivity contribution in [3.05, 3.63) is 63.6 Å². The number of thiazole rings is 1.